The van der Waals surface area contributed by atoms with Gasteiger partial charge in [-0.15, -0.1) is 0 Å². The van der Waals surface area contributed by atoms with Gasteiger partial charge in [0.15, 0.2) is 5.78 Å². The first-order chi connectivity index (χ1) is 11.9. The summed E-state index contributed by atoms with van der Waals surface area (Å²) >= 11 is 0. The Morgan fingerprint density at radius 1 is 1.16 bits per heavy atom. The van der Waals surface area contributed by atoms with Crippen molar-refractivity contribution in [2.24, 2.45) is 7.05 Å². The van der Waals surface area contributed by atoms with Crippen LogP contribution in [0.1, 0.15) is 50.6 Å². The predicted octanol–water partition coefficient (Wildman–Crippen LogP) is 2.45. The van der Waals surface area contributed by atoms with Gasteiger partial charge in [-0.25, -0.2) is 0 Å². The second kappa shape index (κ2) is 6.80. The molecule has 6 nitrogen and oxygen atoms in total. The highest BCUT2D eigenvalue weighted by molar-refractivity contribution is 5.98. The first-order valence-corrected chi connectivity index (χ1v) is 8.40. The lowest BCUT2D eigenvalue weighted by Gasteiger charge is -2.36. The highest BCUT2D eigenvalue weighted by Crippen LogP contribution is 2.30. The van der Waals surface area contributed by atoms with Gasteiger partial charge in [0, 0.05) is 36.0 Å². The molecular weight excluding hydrogens is 318 g/mol. The van der Waals surface area contributed by atoms with Crippen LogP contribution in [0.25, 0.3) is 0 Å². The predicted molar refractivity (Wildman–Crippen MR) is 93.7 cm³/mol. The van der Waals surface area contributed by atoms with E-state index in [9.17, 15) is 9.59 Å². The topological polar surface area (TPSA) is 64.4 Å². The number of rotatable bonds is 3. The zero-order valence-corrected chi connectivity index (χ0v) is 15.1. The van der Waals surface area contributed by atoms with Crippen molar-refractivity contribution in [1.82, 2.24) is 14.7 Å². The summed E-state index contributed by atoms with van der Waals surface area (Å²) in [4.78, 5) is 26.3. The first kappa shape index (κ1) is 17.4. The fourth-order valence-electron chi connectivity index (χ4n) is 3.37. The van der Waals surface area contributed by atoms with Crippen molar-refractivity contribution >= 4 is 11.7 Å². The summed E-state index contributed by atoms with van der Waals surface area (Å²) < 4.78 is 7.48. The van der Waals surface area contributed by atoms with E-state index in [0.29, 0.717) is 30.9 Å². The molecule has 0 N–H and O–H groups in total. The average Bonchev–Trinajstić information content (AvgIpc) is 2.86. The van der Waals surface area contributed by atoms with Crippen LogP contribution >= 0.6 is 0 Å². The fourth-order valence-corrected chi connectivity index (χ4v) is 3.37. The van der Waals surface area contributed by atoms with Crippen LogP contribution < -0.4 is 0 Å². The van der Waals surface area contributed by atoms with Crippen molar-refractivity contribution in [3.05, 3.63) is 52.3 Å². The van der Waals surface area contributed by atoms with Gasteiger partial charge in [0.05, 0.1) is 24.9 Å². The molecule has 1 aromatic heterocycles. The zero-order chi connectivity index (χ0) is 18.1. The third-order valence-electron chi connectivity index (χ3n) is 4.83. The maximum Gasteiger partial charge on any atom is 0.254 e. The molecule has 132 valence electrons. The second-order valence-corrected chi connectivity index (χ2v) is 6.43. The molecule has 1 aliphatic heterocycles. The van der Waals surface area contributed by atoms with Crippen molar-refractivity contribution in [2.45, 2.75) is 26.8 Å². The van der Waals surface area contributed by atoms with E-state index in [4.69, 9.17) is 4.74 Å². The minimum Gasteiger partial charge on any atom is -0.377 e. The Kier molecular flexibility index (Phi) is 4.72. The van der Waals surface area contributed by atoms with Crippen molar-refractivity contribution in [3.63, 3.8) is 0 Å². The van der Waals surface area contributed by atoms with Crippen LogP contribution in [-0.4, -0.2) is 46.1 Å². The second-order valence-electron chi connectivity index (χ2n) is 6.43. The summed E-state index contributed by atoms with van der Waals surface area (Å²) in [5, 5.41) is 4.47. The molecule has 1 aromatic carbocycles. The van der Waals surface area contributed by atoms with Crippen LogP contribution in [0.4, 0.5) is 0 Å². The SMILES string of the molecule is CC(=O)c1ccc(C(=O)N2CCOC[C@H]2c2c(C)nn(C)c2C)cc1. The molecular formula is C19H23N3O3. The molecule has 1 amide bonds. The molecule has 2 aromatic rings. The lowest BCUT2D eigenvalue weighted by Crippen LogP contribution is -2.43. The first-order valence-electron chi connectivity index (χ1n) is 8.40. The van der Waals surface area contributed by atoms with Gasteiger partial charge in [0.2, 0.25) is 0 Å². The summed E-state index contributed by atoms with van der Waals surface area (Å²) in [6.45, 7) is 7.00. The van der Waals surface area contributed by atoms with Crippen LogP contribution in [0, 0.1) is 13.8 Å². The molecule has 0 aliphatic carbocycles. The van der Waals surface area contributed by atoms with Crippen LogP contribution in [0.3, 0.4) is 0 Å². The van der Waals surface area contributed by atoms with E-state index >= 15 is 0 Å². The van der Waals surface area contributed by atoms with E-state index in [1.165, 1.54) is 6.92 Å². The van der Waals surface area contributed by atoms with Crippen LogP contribution in [0.2, 0.25) is 0 Å². The molecule has 0 saturated carbocycles. The number of carbonyl (C=O) groups excluding carboxylic acids is 2. The number of amides is 1. The van der Waals surface area contributed by atoms with Gasteiger partial charge < -0.3 is 9.64 Å². The largest absolute Gasteiger partial charge is 0.377 e. The summed E-state index contributed by atoms with van der Waals surface area (Å²) in [7, 11) is 1.90. The molecule has 1 saturated heterocycles. The lowest BCUT2D eigenvalue weighted by molar-refractivity contribution is -0.00305. The van der Waals surface area contributed by atoms with Crippen LogP contribution in [0.15, 0.2) is 24.3 Å². The maximum atomic E-state index is 13.1. The number of morpholine rings is 1. The quantitative estimate of drug-likeness (QED) is 0.805. The number of ketones is 1. The van der Waals surface area contributed by atoms with E-state index in [1.54, 1.807) is 24.3 Å². The van der Waals surface area contributed by atoms with Gasteiger partial charge in [0.1, 0.15) is 0 Å². The molecule has 0 bridgehead atoms. The van der Waals surface area contributed by atoms with Gasteiger partial charge in [0.25, 0.3) is 5.91 Å². The number of benzene rings is 1. The maximum absolute atomic E-state index is 13.1. The molecule has 1 fully saturated rings. The van der Waals surface area contributed by atoms with E-state index in [-0.39, 0.29) is 17.7 Å². The highest BCUT2D eigenvalue weighted by atomic mass is 16.5. The van der Waals surface area contributed by atoms with Crippen molar-refractivity contribution in [3.8, 4) is 0 Å². The van der Waals surface area contributed by atoms with E-state index in [0.717, 1.165) is 17.0 Å². The van der Waals surface area contributed by atoms with Gasteiger partial charge >= 0.3 is 0 Å². The third-order valence-corrected chi connectivity index (χ3v) is 4.83. The molecule has 0 unspecified atom stereocenters. The Morgan fingerprint density at radius 2 is 1.80 bits per heavy atom. The third kappa shape index (κ3) is 3.22. The standard InChI is InChI=1S/C19H23N3O3/c1-12-18(13(2)21(4)20-12)17-11-25-10-9-22(17)19(24)16-7-5-15(6-8-16)14(3)23/h5-8,17H,9-11H2,1-4H3/t17-/m0/s1. The molecule has 0 radical (unpaired) electrons. The normalized spacial score (nSPS) is 17.6. The van der Waals surface area contributed by atoms with Crippen molar-refractivity contribution in [1.29, 1.82) is 0 Å². The Hall–Kier alpha value is -2.47. The molecule has 1 atom stereocenters. The van der Waals surface area contributed by atoms with Gasteiger partial charge in [-0.3, -0.25) is 14.3 Å². The Labute approximate surface area is 147 Å². The lowest BCUT2D eigenvalue weighted by atomic mass is 10.0. The van der Waals surface area contributed by atoms with E-state index in [2.05, 4.69) is 5.10 Å². The number of aromatic nitrogens is 2. The molecule has 3 rings (SSSR count). The van der Waals surface area contributed by atoms with Crippen LogP contribution in [-0.2, 0) is 11.8 Å². The molecule has 1 aliphatic rings. The Morgan fingerprint density at radius 3 is 2.36 bits per heavy atom. The average molecular weight is 341 g/mol. The summed E-state index contributed by atoms with van der Waals surface area (Å²) in [5.41, 5.74) is 4.19. The Balaban J connectivity index is 1.92. The Bertz CT molecular complexity index is 808. The summed E-state index contributed by atoms with van der Waals surface area (Å²) in [6, 6.07) is 6.68. The number of aryl methyl sites for hydroxylation is 2. The zero-order valence-electron chi connectivity index (χ0n) is 15.1. The minimum atomic E-state index is -0.151. The van der Waals surface area contributed by atoms with Crippen molar-refractivity contribution in [2.75, 3.05) is 19.8 Å². The van der Waals surface area contributed by atoms with Gasteiger partial charge in [-0.05, 0) is 32.9 Å². The number of ether oxygens (including phenoxy) is 1. The van der Waals surface area contributed by atoms with E-state index in [1.807, 2.05) is 30.5 Å². The van der Waals surface area contributed by atoms with Crippen molar-refractivity contribution < 1.29 is 14.3 Å². The molecule has 25 heavy (non-hydrogen) atoms. The molecule has 6 heteroatoms. The van der Waals surface area contributed by atoms with Gasteiger partial charge in [-0.1, -0.05) is 12.1 Å². The number of hydrogen-bond donors (Lipinski definition) is 0. The number of nitrogens with zero attached hydrogens (tertiary/aromatic N) is 3. The van der Waals surface area contributed by atoms with Crippen LogP contribution in [0.5, 0.6) is 0 Å². The minimum absolute atomic E-state index is 0.00939. The summed E-state index contributed by atoms with van der Waals surface area (Å²) in [6.07, 6.45) is 0. The molecule has 2 heterocycles. The van der Waals surface area contributed by atoms with Gasteiger partial charge in [-0.2, -0.15) is 5.10 Å². The fraction of sp³-hybridized carbons (Fsp3) is 0.421. The smallest absolute Gasteiger partial charge is 0.254 e. The van der Waals surface area contributed by atoms with E-state index < -0.39 is 0 Å². The molecule has 0 spiro atoms. The number of hydrogen-bond acceptors (Lipinski definition) is 4. The summed E-state index contributed by atoms with van der Waals surface area (Å²) in [5.74, 6) is -0.0593. The number of Topliss-reactive ketones (excluding diaryl/α,β-unsaturated/α-hetero) is 1. The highest BCUT2D eigenvalue weighted by Gasteiger charge is 2.32. The monoisotopic (exact) mass is 341 g/mol. The number of carbonyl (C=O) groups is 2.